The Bertz CT molecular complexity index is 2550. The first-order chi connectivity index (χ1) is 35.6. The van der Waals surface area contributed by atoms with E-state index in [4.69, 9.17) is 47.4 Å². The number of hydrogen-bond acceptors (Lipinski definition) is 11. The van der Waals surface area contributed by atoms with Gasteiger partial charge in [-0.2, -0.15) is 0 Å². The van der Waals surface area contributed by atoms with Gasteiger partial charge in [0.25, 0.3) is 0 Å². The molecule has 1 N–H and O–H groups in total. The van der Waals surface area contributed by atoms with Gasteiger partial charge in [0, 0.05) is 0 Å². The maximum absolute atomic E-state index is 12.1. The molecule has 2 fully saturated rings. The van der Waals surface area contributed by atoms with Crippen LogP contribution in [0.25, 0.3) is 0 Å². The van der Waals surface area contributed by atoms with E-state index in [1.54, 1.807) is 0 Å². The number of rotatable bonds is 25. The average Bonchev–Trinajstić information content (AvgIpc) is 3.43. The molecule has 2 aliphatic heterocycles. The topological polar surface area (TPSA) is 113 Å². The lowest BCUT2D eigenvalue weighted by Crippen LogP contribution is -2.66. The number of hydrogen-bond donors (Lipinski definition) is 1. The van der Waals surface area contributed by atoms with Crippen LogP contribution in [0.3, 0.4) is 0 Å². The number of benzene rings is 7. The van der Waals surface area contributed by atoms with Crippen LogP contribution in [0.15, 0.2) is 212 Å². The van der Waals surface area contributed by atoms with Crippen molar-refractivity contribution in [3.63, 3.8) is 0 Å². The summed E-state index contributed by atoms with van der Waals surface area (Å²) in [5.41, 5.74) is 6.74. The molecule has 0 bridgehead atoms. The molecule has 72 heavy (non-hydrogen) atoms. The molecule has 2 saturated heterocycles. The quantitative estimate of drug-likeness (QED) is 0.0591. The minimum absolute atomic E-state index is 0.0737. The average molecular weight is 973 g/mol. The Balaban J connectivity index is 1.10. The summed E-state index contributed by atoms with van der Waals surface area (Å²) in [7, 11) is 0. The maximum atomic E-state index is 12.1. The summed E-state index contributed by atoms with van der Waals surface area (Å²) in [6, 6.07) is 69.6. The molecule has 2 heterocycles. The van der Waals surface area contributed by atoms with E-state index in [-0.39, 0.29) is 46.2 Å². The molecule has 11 nitrogen and oxygen atoms in total. The van der Waals surface area contributed by atoms with Crippen LogP contribution in [0.5, 0.6) is 0 Å². The molecule has 10 atom stereocenters. The SMILES string of the molecule is O[C@H]1O[C@H](COCc2ccccc2)[C@@H](OCc2ccccc2)[C@H](O[C@@H]2O[C@H](COCc3ccccc3)[C@@H](OCc3ccccc3)[C@H](OCc3ccccc3)[C@@H]2OCc2ccccc2)[C@@H]1OCc1ccccc1. The smallest absolute Gasteiger partial charge is 0.187 e. The van der Waals surface area contributed by atoms with Crippen LogP contribution in [0, 0.1) is 0 Å². The van der Waals surface area contributed by atoms with Gasteiger partial charge < -0.3 is 52.5 Å². The van der Waals surface area contributed by atoms with Crippen molar-refractivity contribution in [2.75, 3.05) is 13.2 Å². The van der Waals surface area contributed by atoms with Gasteiger partial charge in [-0.15, -0.1) is 0 Å². The molecule has 0 unspecified atom stereocenters. The minimum Gasteiger partial charge on any atom is -0.374 e. The van der Waals surface area contributed by atoms with Crippen molar-refractivity contribution >= 4 is 0 Å². The molecule has 0 saturated carbocycles. The first-order valence-electron chi connectivity index (χ1n) is 24.8. The third kappa shape index (κ3) is 14.8. The van der Waals surface area contributed by atoms with Gasteiger partial charge in [-0.1, -0.05) is 212 Å². The van der Waals surface area contributed by atoms with Crippen LogP contribution in [-0.2, 0) is 93.6 Å². The number of aliphatic hydroxyl groups is 1. The highest BCUT2D eigenvalue weighted by Gasteiger charge is 2.54. The van der Waals surface area contributed by atoms with Crippen LogP contribution in [0.1, 0.15) is 38.9 Å². The Labute approximate surface area is 423 Å². The Morgan fingerprint density at radius 3 is 0.931 bits per heavy atom. The van der Waals surface area contributed by atoms with E-state index in [0.717, 1.165) is 38.9 Å². The fraction of sp³-hybridized carbons (Fsp3) is 0.311. The van der Waals surface area contributed by atoms with Gasteiger partial charge in [-0.25, -0.2) is 0 Å². The van der Waals surface area contributed by atoms with Crippen LogP contribution >= 0.6 is 0 Å². The summed E-state index contributed by atoms with van der Waals surface area (Å²) >= 11 is 0. The zero-order valence-electron chi connectivity index (χ0n) is 40.4. The van der Waals surface area contributed by atoms with Gasteiger partial charge in [-0.3, -0.25) is 0 Å². The van der Waals surface area contributed by atoms with E-state index in [2.05, 4.69) is 0 Å². The second-order valence-corrected chi connectivity index (χ2v) is 18.0. The first kappa shape index (κ1) is 51.0. The fourth-order valence-corrected chi connectivity index (χ4v) is 8.98. The van der Waals surface area contributed by atoms with Crippen LogP contribution in [0.2, 0.25) is 0 Å². The first-order valence-corrected chi connectivity index (χ1v) is 24.8. The van der Waals surface area contributed by atoms with Gasteiger partial charge >= 0.3 is 0 Å². The Kier molecular flexibility index (Phi) is 19.3. The highest BCUT2D eigenvalue weighted by Crippen LogP contribution is 2.36. The Morgan fingerprint density at radius 1 is 0.292 bits per heavy atom. The van der Waals surface area contributed by atoms with Crippen molar-refractivity contribution in [2.45, 2.75) is 108 Å². The lowest BCUT2D eigenvalue weighted by molar-refractivity contribution is -0.375. The van der Waals surface area contributed by atoms with Gasteiger partial charge in [0.2, 0.25) is 0 Å². The van der Waals surface area contributed by atoms with Crippen molar-refractivity contribution < 1.29 is 52.5 Å². The van der Waals surface area contributed by atoms with Crippen LogP contribution in [0.4, 0.5) is 0 Å². The van der Waals surface area contributed by atoms with Crippen molar-refractivity contribution in [2.24, 2.45) is 0 Å². The standard InChI is InChI=1S/C61H64O11/c62-60-58(68-41-50-32-18-6-19-33-50)57(55(66-39-48-28-14-4-15-29-48)52(70-60)43-63-36-45-22-8-1-9-23-45)72-61-59(69-42-51-34-20-7-21-35-51)56(67-40-49-30-16-5-17-31-49)54(65-38-47-26-12-3-13-27-47)53(71-61)44-64-37-46-24-10-2-11-25-46/h1-35,52-62H,36-44H2/t52-,53-,54-,55-,56+,57+,58+,59+,60+,61+/m1/s1. The van der Waals surface area contributed by atoms with E-state index in [1.807, 2.05) is 212 Å². The summed E-state index contributed by atoms with van der Waals surface area (Å²) in [4.78, 5) is 0. The van der Waals surface area contributed by atoms with E-state index in [0.29, 0.717) is 13.2 Å². The summed E-state index contributed by atoms with van der Waals surface area (Å²) in [5, 5.41) is 12.1. The maximum Gasteiger partial charge on any atom is 0.187 e. The molecule has 2 aliphatic rings. The summed E-state index contributed by atoms with van der Waals surface area (Å²) < 4.78 is 68.6. The molecule has 7 aromatic carbocycles. The van der Waals surface area contributed by atoms with Gasteiger partial charge in [0.05, 0.1) is 59.5 Å². The lowest BCUT2D eigenvalue weighted by Gasteiger charge is -2.49. The van der Waals surface area contributed by atoms with E-state index in [1.165, 1.54) is 0 Å². The zero-order valence-corrected chi connectivity index (χ0v) is 40.4. The normalized spacial score (nSPS) is 24.2. The zero-order chi connectivity index (χ0) is 49.0. The van der Waals surface area contributed by atoms with Crippen molar-refractivity contribution in [1.29, 1.82) is 0 Å². The summed E-state index contributed by atoms with van der Waals surface area (Å²) in [5.74, 6) is 0. The molecule has 7 aromatic rings. The predicted molar refractivity (Wildman–Crippen MR) is 272 cm³/mol. The third-order valence-corrected chi connectivity index (χ3v) is 12.7. The van der Waals surface area contributed by atoms with E-state index >= 15 is 0 Å². The molecule has 9 rings (SSSR count). The number of aliphatic hydroxyl groups excluding tert-OH is 1. The lowest BCUT2D eigenvalue weighted by atomic mass is 9.95. The third-order valence-electron chi connectivity index (χ3n) is 12.7. The minimum atomic E-state index is -1.45. The number of ether oxygens (including phenoxy) is 10. The van der Waals surface area contributed by atoms with Gasteiger partial charge in [-0.05, 0) is 38.9 Å². The molecular weight excluding hydrogens is 909 g/mol. The van der Waals surface area contributed by atoms with Crippen molar-refractivity contribution in [3.8, 4) is 0 Å². The van der Waals surface area contributed by atoms with E-state index < -0.39 is 61.4 Å². The second kappa shape index (κ2) is 27.2. The van der Waals surface area contributed by atoms with Gasteiger partial charge in [0.15, 0.2) is 12.6 Å². The predicted octanol–water partition coefficient (Wildman–Crippen LogP) is 10.2. The fourth-order valence-electron chi connectivity index (χ4n) is 8.98. The Hall–Kier alpha value is -5.90. The van der Waals surface area contributed by atoms with E-state index in [9.17, 15) is 5.11 Å². The molecule has 0 spiro atoms. The highest BCUT2D eigenvalue weighted by molar-refractivity contribution is 5.19. The Morgan fingerprint density at radius 2 is 0.569 bits per heavy atom. The largest absolute Gasteiger partial charge is 0.374 e. The monoisotopic (exact) mass is 972 g/mol. The molecule has 0 radical (unpaired) electrons. The summed E-state index contributed by atoms with van der Waals surface area (Å²) in [6.07, 6.45) is -9.47. The molecular formula is C61H64O11. The van der Waals surface area contributed by atoms with Crippen molar-refractivity contribution in [3.05, 3.63) is 251 Å². The van der Waals surface area contributed by atoms with Gasteiger partial charge in [0.1, 0.15) is 48.8 Å². The second-order valence-electron chi connectivity index (χ2n) is 18.0. The molecule has 0 aromatic heterocycles. The van der Waals surface area contributed by atoms with Crippen LogP contribution < -0.4 is 0 Å². The molecule has 0 aliphatic carbocycles. The van der Waals surface area contributed by atoms with Crippen molar-refractivity contribution in [1.82, 2.24) is 0 Å². The highest BCUT2D eigenvalue weighted by atomic mass is 16.7. The molecule has 0 amide bonds. The summed E-state index contributed by atoms with van der Waals surface area (Å²) in [6.45, 7) is 1.93. The van der Waals surface area contributed by atoms with Crippen LogP contribution in [-0.4, -0.2) is 79.7 Å². The molecule has 374 valence electrons. The molecule has 11 heteroatoms.